The Morgan fingerprint density at radius 2 is 1.82 bits per heavy atom. The van der Waals surface area contributed by atoms with Crippen LogP contribution in [0.2, 0.25) is 0 Å². The molecule has 28 heavy (non-hydrogen) atoms. The highest BCUT2D eigenvalue weighted by Crippen LogP contribution is 2.17. The monoisotopic (exact) mass is 376 g/mol. The van der Waals surface area contributed by atoms with Crippen LogP contribution in [0.15, 0.2) is 60.8 Å². The second-order valence-corrected chi connectivity index (χ2v) is 6.69. The first-order valence-corrected chi connectivity index (χ1v) is 9.21. The van der Waals surface area contributed by atoms with E-state index in [2.05, 4.69) is 33.6 Å². The fraction of sp³-hybridized carbons (Fsp3) is 0.227. The number of nitrogens with one attached hydrogen (secondary N) is 2. The summed E-state index contributed by atoms with van der Waals surface area (Å²) >= 11 is 0. The minimum Gasteiger partial charge on any atom is -0.491 e. The van der Waals surface area contributed by atoms with Gasteiger partial charge in [0.1, 0.15) is 11.4 Å². The average molecular weight is 376 g/mol. The lowest BCUT2D eigenvalue weighted by molar-refractivity contribution is 0.102. The van der Waals surface area contributed by atoms with Crippen molar-refractivity contribution in [2.45, 2.75) is 33.4 Å². The van der Waals surface area contributed by atoms with Crippen molar-refractivity contribution in [1.29, 1.82) is 0 Å². The first kappa shape index (κ1) is 19.4. The van der Waals surface area contributed by atoms with Gasteiger partial charge in [-0.05, 0) is 62.2 Å². The molecule has 2 N–H and O–H groups in total. The Hall–Kier alpha value is -3.41. The van der Waals surface area contributed by atoms with Gasteiger partial charge in [-0.1, -0.05) is 24.3 Å². The van der Waals surface area contributed by atoms with Crippen LogP contribution in [0.3, 0.4) is 0 Å². The molecule has 1 heterocycles. The van der Waals surface area contributed by atoms with Crippen LogP contribution in [0.25, 0.3) is 0 Å². The number of ether oxygens (including phenoxy) is 1. The Bertz CT molecular complexity index is 939. The molecule has 0 unspecified atom stereocenters. The van der Waals surface area contributed by atoms with E-state index < -0.39 is 0 Å². The van der Waals surface area contributed by atoms with Crippen molar-refractivity contribution >= 4 is 17.5 Å². The van der Waals surface area contributed by atoms with Crippen LogP contribution in [-0.2, 0) is 6.54 Å². The number of aryl methyl sites for hydroxylation is 1. The molecule has 144 valence electrons. The van der Waals surface area contributed by atoms with E-state index in [-0.39, 0.29) is 12.0 Å². The minimum atomic E-state index is -0.293. The van der Waals surface area contributed by atoms with E-state index in [4.69, 9.17) is 4.74 Å². The van der Waals surface area contributed by atoms with Crippen molar-refractivity contribution in [1.82, 2.24) is 9.97 Å². The van der Waals surface area contributed by atoms with Gasteiger partial charge in [0.25, 0.3) is 5.91 Å². The molecule has 0 saturated carbocycles. The second kappa shape index (κ2) is 8.99. The molecule has 3 rings (SSSR count). The highest BCUT2D eigenvalue weighted by atomic mass is 16.5. The molecular weight excluding hydrogens is 352 g/mol. The number of amides is 1. The number of aromatic nitrogens is 2. The number of nitrogens with zero attached hydrogens (tertiary/aromatic N) is 2. The fourth-order valence-electron chi connectivity index (χ4n) is 2.64. The largest absolute Gasteiger partial charge is 0.491 e. The molecule has 1 aromatic heterocycles. The van der Waals surface area contributed by atoms with Crippen LogP contribution in [0, 0.1) is 6.92 Å². The summed E-state index contributed by atoms with van der Waals surface area (Å²) in [7, 11) is 0. The molecule has 6 heteroatoms. The SMILES string of the molecule is Cc1ccccc1CNc1nccc(C(=O)Nc2ccc(OC(C)C)cc2)n1. The third kappa shape index (κ3) is 5.30. The van der Waals surface area contributed by atoms with E-state index in [1.165, 1.54) is 5.56 Å². The van der Waals surface area contributed by atoms with Gasteiger partial charge in [0.15, 0.2) is 0 Å². The zero-order valence-electron chi connectivity index (χ0n) is 16.3. The van der Waals surface area contributed by atoms with Gasteiger partial charge in [-0.25, -0.2) is 9.97 Å². The maximum Gasteiger partial charge on any atom is 0.274 e. The fourth-order valence-corrected chi connectivity index (χ4v) is 2.64. The summed E-state index contributed by atoms with van der Waals surface area (Å²) in [6.07, 6.45) is 1.67. The number of hydrogen-bond acceptors (Lipinski definition) is 5. The smallest absolute Gasteiger partial charge is 0.274 e. The van der Waals surface area contributed by atoms with Crippen molar-refractivity contribution < 1.29 is 9.53 Å². The lowest BCUT2D eigenvalue weighted by atomic mass is 10.1. The molecule has 3 aromatic rings. The molecule has 0 bridgehead atoms. The van der Waals surface area contributed by atoms with E-state index in [1.54, 1.807) is 24.4 Å². The van der Waals surface area contributed by atoms with Crippen LogP contribution in [0.1, 0.15) is 35.5 Å². The third-order valence-electron chi connectivity index (χ3n) is 4.07. The average Bonchev–Trinajstić information content (AvgIpc) is 2.69. The summed E-state index contributed by atoms with van der Waals surface area (Å²) in [5.74, 6) is 0.883. The summed E-state index contributed by atoms with van der Waals surface area (Å²) in [5, 5.41) is 6.00. The number of rotatable bonds is 7. The van der Waals surface area contributed by atoms with Gasteiger partial charge in [0.05, 0.1) is 6.10 Å². The van der Waals surface area contributed by atoms with E-state index in [0.717, 1.165) is 11.3 Å². The van der Waals surface area contributed by atoms with Crippen LogP contribution in [-0.4, -0.2) is 22.0 Å². The Kier molecular flexibility index (Phi) is 6.22. The number of hydrogen-bond donors (Lipinski definition) is 2. The summed E-state index contributed by atoms with van der Waals surface area (Å²) in [4.78, 5) is 21.0. The number of benzene rings is 2. The van der Waals surface area contributed by atoms with Crippen LogP contribution >= 0.6 is 0 Å². The molecule has 1 amide bonds. The maximum absolute atomic E-state index is 12.5. The summed E-state index contributed by atoms with van der Waals surface area (Å²) in [6, 6.07) is 16.9. The highest BCUT2D eigenvalue weighted by Gasteiger charge is 2.10. The zero-order chi connectivity index (χ0) is 19.9. The Morgan fingerprint density at radius 3 is 2.54 bits per heavy atom. The van der Waals surface area contributed by atoms with Crippen LogP contribution in [0.4, 0.5) is 11.6 Å². The van der Waals surface area contributed by atoms with E-state index in [0.29, 0.717) is 23.9 Å². The van der Waals surface area contributed by atoms with Gasteiger partial charge in [0.2, 0.25) is 5.95 Å². The van der Waals surface area contributed by atoms with Crippen LogP contribution in [0.5, 0.6) is 5.75 Å². The number of carbonyl (C=O) groups excluding carboxylic acids is 1. The van der Waals surface area contributed by atoms with Crippen molar-refractivity contribution in [3.05, 3.63) is 77.6 Å². The molecule has 0 aliphatic carbocycles. The van der Waals surface area contributed by atoms with Crippen molar-refractivity contribution in [2.75, 3.05) is 10.6 Å². The van der Waals surface area contributed by atoms with E-state index in [9.17, 15) is 4.79 Å². The maximum atomic E-state index is 12.5. The molecule has 2 aromatic carbocycles. The number of anilines is 2. The molecule has 0 radical (unpaired) electrons. The van der Waals surface area contributed by atoms with Gasteiger partial charge in [-0.15, -0.1) is 0 Å². The lowest BCUT2D eigenvalue weighted by Crippen LogP contribution is -2.15. The van der Waals surface area contributed by atoms with Gasteiger partial charge in [0, 0.05) is 18.4 Å². The Labute approximate surface area is 165 Å². The summed E-state index contributed by atoms with van der Waals surface area (Å²) in [6.45, 7) is 6.58. The van der Waals surface area contributed by atoms with Gasteiger partial charge in [-0.2, -0.15) is 0 Å². The van der Waals surface area contributed by atoms with Crippen LogP contribution < -0.4 is 15.4 Å². The Morgan fingerprint density at radius 1 is 1.07 bits per heavy atom. The molecule has 0 fully saturated rings. The van der Waals surface area contributed by atoms with Crippen molar-refractivity contribution in [3.8, 4) is 5.75 Å². The van der Waals surface area contributed by atoms with Gasteiger partial charge < -0.3 is 15.4 Å². The second-order valence-electron chi connectivity index (χ2n) is 6.69. The minimum absolute atomic E-state index is 0.104. The normalized spacial score (nSPS) is 10.6. The zero-order valence-corrected chi connectivity index (χ0v) is 16.3. The van der Waals surface area contributed by atoms with Gasteiger partial charge in [-0.3, -0.25) is 4.79 Å². The summed E-state index contributed by atoms with van der Waals surface area (Å²) < 4.78 is 5.60. The molecule has 0 atom stereocenters. The van der Waals surface area contributed by atoms with E-state index >= 15 is 0 Å². The molecule has 6 nitrogen and oxygen atoms in total. The molecule has 0 spiro atoms. The number of carbonyl (C=O) groups is 1. The lowest BCUT2D eigenvalue weighted by Gasteiger charge is -2.11. The quantitative estimate of drug-likeness (QED) is 0.638. The first-order chi connectivity index (χ1) is 13.5. The third-order valence-corrected chi connectivity index (χ3v) is 4.07. The first-order valence-electron chi connectivity index (χ1n) is 9.21. The predicted octanol–water partition coefficient (Wildman–Crippen LogP) is 4.44. The molecular formula is C22H24N4O2. The van der Waals surface area contributed by atoms with Gasteiger partial charge >= 0.3 is 0 Å². The molecule has 0 aliphatic rings. The standard InChI is InChI=1S/C22H24N4O2/c1-15(2)28-19-10-8-18(9-11-19)25-21(27)20-12-13-23-22(26-20)24-14-17-7-5-4-6-16(17)3/h4-13,15H,14H2,1-3H3,(H,25,27)(H,23,24,26). The highest BCUT2D eigenvalue weighted by molar-refractivity contribution is 6.02. The Balaban J connectivity index is 1.62. The van der Waals surface area contributed by atoms with Crippen molar-refractivity contribution in [3.63, 3.8) is 0 Å². The van der Waals surface area contributed by atoms with Crippen molar-refractivity contribution in [2.24, 2.45) is 0 Å². The topological polar surface area (TPSA) is 76.1 Å². The molecule has 0 aliphatic heterocycles. The summed E-state index contributed by atoms with van der Waals surface area (Å²) in [5.41, 5.74) is 3.32. The predicted molar refractivity (Wildman–Crippen MR) is 111 cm³/mol. The molecule has 0 saturated heterocycles. The van der Waals surface area contributed by atoms with E-state index in [1.807, 2.05) is 44.2 Å².